The molecule has 0 aromatic heterocycles. The van der Waals surface area contributed by atoms with E-state index >= 15 is 0 Å². The molecule has 0 saturated carbocycles. The highest BCUT2D eigenvalue weighted by Crippen LogP contribution is 2.24. The third kappa shape index (κ3) is 2.84. The minimum Gasteiger partial charge on any atom is -0.497 e. The number of ether oxygens (including phenoxy) is 1. The number of carbonyl (C=O) groups excluding carboxylic acids is 1. The van der Waals surface area contributed by atoms with E-state index in [2.05, 4.69) is 5.32 Å². The average Bonchev–Trinajstić information content (AvgIpc) is 2.84. The molecule has 0 bridgehead atoms. The number of likely N-dealkylation sites (tertiary alicyclic amines) is 1. The van der Waals surface area contributed by atoms with Crippen LogP contribution in [0, 0.1) is 0 Å². The molecule has 6 heteroatoms. The number of benzene rings is 1. The summed E-state index contributed by atoms with van der Waals surface area (Å²) in [6, 6.07) is 4.39. The van der Waals surface area contributed by atoms with Gasteiger partial charge in [0.05, 0.1) is 18.4 Å². The molecular weight excluding hydrogens is 260 g/mol. The van der Waals surface area contributed by atoms with E-state index in [0.29, 0.717) is 12.3 Å². The Morgan fingerprint density at radius 1 is 1.45 bits per heavy atom. The Bertz CT molecular complexity index is 530. The number of rotatable bonds is 3. The van der Waals surface area contributed by atoms with E-state index in [0.717, 1.165) is 12.8 Å². The summed E-state index contributed by atoms with van der Waals surface area (Å²) in [5, 5.41) is 11.8. The minimum atomic E-state index is -1.09. The van der Waals surface area contributed by atoms with Crippen LogP contribution in [0.2, 0.25) is 0 Å². The van der Waals surface area contributed by atoms with Gasteiger partial charge in [-0.05, 0) is 31.9 Å². The number of aromatic carboxylic acids is 1. The van der Waals surface area contributed by atoms with Crippen LogP contribution >= 0.6 is 0 Å². The van der Waals surface area contributed by atoms with Gasteiger partial charge in [-0.1, -0.05) is 0 Å². The van der Waals surface area contributed by atoms with Crippen molar-refractivity contribution in [1.82, 2.24) is 4.90 Å². The first-order valence-corrected chi connectivity index (χ1v) is 6.52. The summed E-state index contributed by atoms with van der Waals surface area (Å²) in [5.41, 5.74) is 0.298. The first-order chi connectivity index (χ1) is 9.52. The second-order valence-corrected chi connectivity index (χ2v) is 4.83. The van der Waals surface area contributed by atoms with Crippen LogP contribution in [-0.4, -0.2) is 41.7 Å². The number of carboxylic acids is 1. The number of anilines is 1. The van der Waals surface area contributed by atoms with Gasteiger partial charge < -0.3 is 20.1 Å². The highest BCUT2D eigenvalue weighted by atomic mass is 16.5. The van der Waals surface area contributed by atoms with Crippen molar-refractivity contribution in [2.24, 2.45) is 0 Å². The lowest BCUT2D eigenvalue weighted by molar-refractivity contribution is 0.0698. The fourth-order valence-corrected chi connectivity index (χ4v) is 2.36. The number of hydrogen-bond donors (Lipinski definition) is 2. The summed E-state index contributed by atoms with van der Waals surface area (Å²) < 4.78 is 5.06. The van der Waals surface area contributed by atoms with Gasteiger partial charge in [0.25, 0.3) is 0 Å². The number of hydrogen-bond acceptors (Lipinski definition) is 3. The van der Waals surface area contributed by atoms with Crippen LogP contribution in [0.4, 0.5) is 10.5 Å². The Balaban J connectivity index is 2.22. The molecule has 1 aromatic rings. The van der Waals surface area contributed by atoms with Crippen LogP contribution in [0.5, 0.6) is 5.75 Å². The van der Waals surface area contributed by atoms with Crippen molar-refractivity contribution in [1.29, 1.82) is 0 Å². The molecule has 0 spiro atoms. The van der Waals surface area contributed by atoms with Gasteiger partial charge in [0, 0.05) is 18.7 Å². The highest BCUT2D eigenvalue weighted by Gasteiger charge is 2.26. The molecule has 2 N–H and O–H groups in total. The number of amides is 2. The zero-order valence-corrected chi connectivity index (χ0v) is 11.5. The molecule has 1 saturated heterocycles. The van der Waals surface area contributed by atoms with Gasteiger partial charge in [-0.3, -0.25) is 0 Å². The van der Waals surface area contributed by atoms with E-state index in [1.54, 1.807) is 11.0 Å². The predicted octanol–water partition coefficient (Wildman–Crippen LogP) is 2.41. The Morgan fingerprint density at radius 2 is 2.20 bits per heavy atom. The highest BCUT2D eigenvalue weighted by molar-refractivity contribution is 6.00. The molecule has 1 unspecified atom stereocenters. The SMILES string of the molecule is COc1ccc(C(=O)O)c(NC(=O)N2CCCC2C)c1. The van der Waals surface area contributed by atoms with Crippen LogP contribution in [0.1, 0.15) is 30.1 Å². The largest absolute Gasteiger partial charge is 0.497 e. The Hall–Kier alpha value is -2.24. The molecular formula is C14H18N2O4. The summed E-state index contributed by atoms with van der Waals surface area (Å²) >= 11 is 0. The van der Waals surface area contributed by atoms with Gasteiger partial charge in [0.2, 0.25) is 0 Å². The van der Waals surface area contributed by atoms with Crippen molar-refractivity contribution in [2.75, 3.05) is 19.0 Å². The molecule has 1 aromatic carbocycles. The van der Waals surface area contributed by atoms with Crippen LogP contribution in [0.3, 0.4) is 0 Å². The first-order valence-electron chi connectivity index (χ1n) is 6.52. The molecule has 0 aliphatic carbocycles. The molecule has 2 rings (SSSR count). The lowest BCUT2D eigenvalue weighted by Crippen LogP contribution is -2.37. The average molecular weight is 278 g/mol. The topological polar surface area (TPSA) is 78.9 Å². The van der Waals surface area contributed by atoms with Gasteiger partial charge in [0.1, 0.15) is 5.75 Å². The van der Waals surface area contributed by atoms with Crippen LogP contribution in [0.15, 0.2) is 18.2 Å². The standard InChI is InChI=1S/C14H18N2O4/c1-9-4-3-7-16(9)14(19)15-12-8-10(20-2)5-6-11(12)13(17)18/h5-6,8-9H,3-4,7H2,1-2H3,(H,15,19)(H,17,18). The number of nitrogens with zero attached hydrogens (tertiary/aromatic N) is 1. The summed E-state index contributed by atoms with van der Waals surface area (Å²) in [5.74, 6) is -0.586. The number of nitrogens with one attached hydrogen (secondary N) is 1. The zero-order valence-electron chi connectivity index (χ0n) is 11.5. The molecule has 1 atom stereocenters. The van der Waals surface area contributed by atoms with E-state index in [1.807, 2.05) is 6.92 Å². The van der Waals surface area contributed by atoms with E-state index in [4.69, 9.17) is 9.84 Å². The maximum Gasteiger partial charge on any atom is 0.337 e. The Morgan fingerprint density at radius 3 is 2.75 bits per heavy atom. The monoisotopic (exact) mass is 278 g/mol. The van der Waals surface area contributed by atoms with Gasteiger partial charge in [-0.25, -0.2) is 9.59 Å². The van der Waals surface area contributed by atoms with Crippen LogP contribution < -0.4 is 10.1 Å². The normalized spacial score (nSPS) is 17.9. The van der Waals surface area contributed by atoms with E-state index in [-0.39, 0.29) is 23.3 Å². The number of urea groups is 1. The van der Waals surface area contributed by atoms with E-state index in [1.165, 1.54) is 19.2 Å². The molecule has 1 aliphatic rings. The minimum absolute atomic E-state index is 0.0472. The van der Waals surface area contributed by atoms with Crippen LogP contribution in [0.25, 0.3) is 0 Å². The summed E-state index contributed by atoms with van der Waals surface area (Å²) in [7, 11) is 1.49. The van der Waals surface area contributed by atoms with Gasteiger partial charge >= 0.3 is 12.0 Å². The second kappa shape index (κ2) is 5.81. The maximum atomic E-state index is 12.2. The fraction of sp³-hybridized carbons (Fsp3) is 0.429. The quantitative estimate of drug-likeness (QED) is 0.890. The Labute approximate surface area is 117 Å². The number of carbonyl (C=O) groups is 2. The third-order valence-electron chi connectivity index (χ3n) is 3.51. The van der Waals surface area contributed by atoms with Gasteiger partial charge in [-0.2, -0.15) is 0 Å². The summed E-state index contributed by atoms with van der Waals surface area (Å²) in [6.07, 6.45) is 1.94. The molecule has 6 nitrogen and oxygen atoms in total. The number of carboxylic acid groups (broad SMARTS) is 1. The predicted molar refractivity (Wildman–Crippen MR) is 74.4 cm³/mol. The summed E-state index contributed by atoms with van der Waals surface area (Å²) in [6.45, 7) is 2.68. The lowest BCUT2D eigenvalue weighted by Gasteiger charge is -2.22. The third-order valence-corrected chi connectivity index (χ3v) is 3.51. The first kappa shape index (κ1) is 14.2. The fourth-order valence-electron chi connectivity index (χ4n) is 2.36. The molecule has 1 aliphatic heterocycles. The van der Waals surface area contributed by atoms with Crippen molar-refractivity contribution in [3.8, 4) is 5.75 Å². The van der Waals surface area contributed by atoms with E-state index in [9.17, 15) is 9.59 Å². The lowest BCUT2D eigenvalue weighted by atomic mass is 10.1. The van der Waals surface area contributed by atoms with Crippen molar-refractivity contribution >= 4 is 17.7 Å². The maximum absolute atomic E-state index is 12.2. The summed E-state index contributed by atoms with van der Waals surface area (Å²) in [4.78, 5) is 25.1. The molecule has 1 heterocycles. The van der Waals surface area contributed by atoms with Crippen molar-refractivity contribution in [3.63, 3.8) is 0 Å². The molecule has 0 radical (unpaired) electrons. The molecule has 2 amide bonds. The Kier molecular flexibility index (Phi) is 4.12. The smallest absolute Gasteiger partial charge is 0.337 e. The number of methoxy groups -OCH3 is 1. The van der Waals surface area contributed by atoms with Crippen molar-refractivity contribution in [3.05, 3.63) is 23.8 Å². The van der Waals surface area contributed by atoms with E-state index < -0.39 is 5.97 Å². The molecule has 108 valence electrons. The van der Waals surface area contributed by atoms with Gasteiger partial charge in [0.15, 0.2) is 0 Å². The molecule has 20 heavy (non-hydrogen) atoms. The molecule has 1 fully saturated rings. The van der Waals surface area contributed by atoms with Crippen molar-refractivity contribution < 1.29 is 19.4 Å². The zero-order chi connectivity index (χ0) is 14.7. The second-order valence-electron chi connectivity index (χ2n) is 4.83. The van der Waals surface area contributed by atoms with Crippen molar-refractivity contribution in [2.45, 2.75) is 25.8 Å². The van der Waals surface area contributed by atoms with Gasteiger partial charge in [-0.15, -0.1) is 0 Å². The van der Waals surface area contributed by atoms with Crippen LogP contribution in [-0.2, 0) is 0 Å².